The molecule has 9 rings (SSSR count). The maximum Gasteiger partial charge on any atom is 0.261 e. The van der Waals surface area contributed by atoms with E-state index in [1.54, 1.807) is 57.4 Å². The number of hydrogen-bond acceptors (Lipinski definition) is 13. The molecule has 14 nitrogen and oxygen atoms in total. The van der Waals surface area contributed by atoms with E-state index in [2.05, 4.69) is 55.3 Å². The first-order valence-corrected chi connectivity index (χ1v) is 24.5. The first-order chi connectivity index (χ1) is 33.6. The topological polar surface area (TPSA) is 133 Å². The summed E-state index contributed by atoms with van der Waals surface area (Å²) >= 11 is 1.80. The van der Waals surface area contributed by atoms with Crippen molar-refractivity contribution in [1.29, 1.82) is 0 Å². The van der Waals surface area contributed by atoms with Crippen LogP contribution in [0.15, 0.2) is 101 Å². The van der Waals surface area contributed by atoms with Crippen molar-refractivity contribution in [2.45, 2.75) is 56.7 Å². The van der Waals surface area contributed by atoms with E-state index in [4.69, 9.17) is 43.1 Å². The van der Waals surface area contributed by atoms with Crippen molar-refractivity contribution in [3.8, 4) is 23.0 Å². The molecule has 0 aromatic heterocycles. The molecule has 5 aromatic rings. The van der Waals surface area contributed by atoms with Crippen LogP contribution in [0.4, 0.5) is 28.4 Å². The lowest BCUT2D eigenvalue weighted by Gasteiger charge is -2.33. The zero-order valence-electron chi connectivity index (χ0n) is 40.1. The molecule has 2 amide bonds. The van der Waals surface area contributed by atoms with E-state index in [-0.39, 0.29) is 41.9 Å². The van der Waals surface area contributed by atoms with Crippen molar-refractivity contribution in [2.75, 3.05) is 88.4 Å². The Morgan fingerprint density at radius 3 is 1.62 bits per heavy atom. The normalized spacial score (nSPS) is 16.5. The third kappa shape index (κ3) is 10.3. The summed E-state index contributed by atoms with van der Waals surface area (Å²) in [4.78, 5) is 43.9. The van der Waals surface area contributed by atoms with Crippen molar-refractivity contribution in [2.24, 2.45) is 9.98 Å². The van der Waals surface area contributed by atoms with Crippen LogP contribution in [-0.4, -0.2) is 115 Å². The van der Waals surface area contributed by atoms with Crippen molar-refractivity contribution in [3.63, 3.8) is 0 Å². The number of thioether (sulfide) groups is 1. The Hall–Kier alpha value is -6.39. The standard InChI is InChI=1S/C54H59N5O9S/c1-54(2,69-6)34-57(15-16-65-19-20-66-18-17-62-3)39-22-35(32-67-50-28-44-42(26-48(50)63-4)52(60)58-40(30-55-44)24-37-11-7-9-13-46(37)58)21-36(23-39)33-68-51-29-45-43(27-49(51)64-5)53(61)59-41(31-56-45)25-38-12-8-10-14-47(38)59/h7-14,21-23,26-31,40-41H,15-20,24-25,32-34H2,1-6H3/t40-,41-/m0/s1. The second-order valence-corrected chi connectivity index (χ2v) is 19.4. The van der Waals surface area contributed by atoms with Crippen LogP contribution in [0, 0.1) is 0 Å². The summed E-state index contributed by atoms with van der Waals surface area (Å²) < 4.78 is 41.6. The van der Waals surface area contributed by atoms with Gasteiger partial charge in [0.25, 0.3) is 11.8 Å². The molecule has 4 heterocycles. The van der Waals surface area contributed by atoms with Crippen molar-refractivity contribution < 1.29 is 42.7 Å². The van der Waals surface area contributed by atoms with Crippen LogP contribution in [-0.2, 0) is 40.3 Å². The van der Waals surface area contributed by atoms with Crippen LogP contribution in [0.5, 0.6) is 23.0 Å². The summed E-state index contributed by atoms with van der Waals surface area (Å²) in [7, 11) is 4.80. The van der Waals surface area contributed by atoms with Crippen LogP contribution < -0.4 is 33.6 Å². The van der Waals surface area contributed by atoms with E-state index in [1.165, 1.54) is 0 Å². The lowest BCUT2D eigenvalue weighted by molar-refractivity contribution is 0.0264. The SMILES string of the molecule is COCCOCCOCCN(CC(C)(C)SC)c1cc(COc2cc3c(cc2OC)C(=O)N2c4ccccc4C[C@H]2C=N3)cc(COc2cc3c(cc2OC)C(=O)N2c4ccccc4C[C@H]2C=N3)c1. The smallest absolute Gasteiger partial charge is 0.261 e. The minimum Gasteiger partial charge on any atom is -0.493 e. The van der Waals surface area contributed by atoms with Gasteiger partial charge in [-0.15, -0.1) is 0 Å². The number of anilines is 3. The number of aliphatic imine (C=N–C) groups is 2. The molecule has 5 aromatic carbocycles. The number of fused-ring (bicyclic) bond motifs is 8. The van der Waals surface area contributed by atoms with E-state index in [9.17, 15) is 9.59 Å². The fraction of sp³-hybridized carbons (Fsp3) is 0.370. The minimum absolute atomic E-state index is 0.0962. The Morgan fingerprint density at radius 2 is 1.13 bits per heavy atom. The maximum atomic E-state index is 14.1. The van der Waals surface area contributed by atoms with Gasteiger partial charge in [0.2, 0.25) is 0 Å². The van der Waals surface area contributed by atoms with Crippen LogP contribution in [0.1, 0.15) is 56.8 Å². The molecule has 69 heavy (non-hydrogen) atoms. The van der Waals surface area contributed by atoms with Gasteiger partial charge in [-0.3, -0.25) is 29.4 Å². The Kier molecular flexibility index (Phi) is 14.6. The van der Waals surface area contributed by atoms with Gasteiger partial charge in [-0.2, -0.15) is 11.8 Å². The first kappa shape index (κ1) is 47.7. The van der Waals surface area contributed by atoms with Gasteiger partial charge in [-0.25, -0.2) is 0 Å². The summed E-state index contributed by atoms with van der Waals surface area (Å²) in [5.41, 5.74) is 8.68. The molecule has 4 aliphatic heterocycles. The third-order valence-corrected chi connectivity index (χ3v) is 14.1. The summed E-state index contributed by atoms with van der Waals surface area (Å²) in [5, 5.41) is 0. The van der Waals surface area contributed by atoms with Gasteiger partial charge < -0.3 is 38.1 Å². The predicted molar refractivity (Wildman–Crippen MR) is 272 cm³/mol. The Bertz CT molecular complexity index is 2600. The average molecular weight is 954 g/mol. The van der Waals surface area contributed by atoms with E-state index >= 15 is 0 Å². The number of nitrogens with zero attached hydrogens (tertiary/aromatic N) is 5. The van der Waals surface area contributed by atoms with E-state index < -0.39 is 0 Å². The molecular weight excluding hydrogens is 895 g/mol. The molecule has 0 spiro atoms. The van der Waals surface area contributed by atoms with E-state index in [0.717, 1.165) is 45.9 Å². The van der Waals surface area contributed by atoms with E-state index in [0.29, 0.717) is 97.9 Å². The Morgan fingerprint density at radius 1 is 0.638 bits per heavy atom. The highest BCUT2D eigenvalue weighted by molar-refractivity contribution is 7.99. The second-order valence-electron chi connectivity index (χ2n) is 17.9. The highest BCUT2D eigenvalue weighted by Gasteiger charge is 2.38. The zero-order chi connectivity index (χ0) is 48.1. The molecule has 0 aliphatic carbocycles. The fourth-order valence-electron chi connectivity index (χ4n) is 9.25. The third-order valence-electron chi connectivity index (χ3n) is 12.9. The summed E-state index contributed by atoms with van der Waals surface area (Å²) in [6.07, 6.45) is 7.22. The van der Waals surface area contributed by atoms with Gasteiger partial charge in [0, 0.05) is 79.4 Å². The van der Waals surface area contributed by atoms with E-state index in [1.807, 2.05) is 58.6 Å². The Balaban J connectivity index is 0.998. The number of hydrogen-bond donors (Lipinski definition) is 0. The number of para-hydroxylation sites is 2. The highest BCUT2D eigenvalue weighted by Crippen LogP contribution is 2.43. The average Bonchev–Trinajstić information content (AvgIpc) is 3.86. The Labute approximate surface area is 408 Å². The molecular formula is C54H59N5O9S. The number of benzene rings is 5. The molecule has 0 fully saturated rings. The zero-order valence-corrected chi connectivity index (χ0v) is 40.9. The fourth-order valence-corrected chi connectivity index (χ4v) is 9.54. The summed E-state index contributed by atoms with van der Waals surface area (Å²) in [6.45, 7) is 8.62. The maximum absolute atomic E-state index is 14.1. The number of methoxy groups -OCH3 is 3. The van der Waals surface area contributed by atoms with Gasteiger partial charge in [0.15, 0.2) is 23.0 Å². The molecule has 0 radical (unpaired) electrons. The van der Waals surface area contributed by atoms with Crippen LogP contribution >= 0.6 is 11.8 Å². The molecule has 0 N–H and O–H groups in total. The number of carbonyl (C=O) groups excluding carboxylic acids is 2. The predicted octanol–water partition coefficient (Wildman–Crippen LogP) is 9.06. The lowest BCUT2D eigenvalue weighted by Crippen LogP contribution is -2.39. The van der Waals surface area contributed by atoms with Crippen LogP contribution in [0.2, 0.25) is 0 Å². The molecule has 0 saturated heterocycles. The van der Waals surface area contributed by atoms with Crippen molar-refractivity contribution in [1.82, 2.24) is 0 Å². The van der Waals surface area contributed by atoms with Crippen LogP contribution in [0.25, 0.3) is 0 Å². The van der Waals surface area contributed by atoms with Gasteiger partial charge >= 0.3 is 0 Å². The number of carbonyl (C=O) groups is 2. The molecule has 15 heteroatoms. The van der Waals surface area contributed by atoms with Crippen molar-refractivity contribution >= 4 is 64.4 Å². The number of amides is 2. The number of ether oxygens (including phenoxy) is 7. The van der Waals surface area contributed by atoms with Gasteiger partial charge in [-0.05, 0) is 84.8 Å². The van der Waals surface area contributed by atoms with Crippen LogP contribution in [0.3, 0.4) is 0 Å². The monoisotopic (exact) mass is 953 g/mol. The first-order valence-electron chi connectivity index (χ1n) is 23.3. The molecule has 2 atom stereocenters. The molecule has 4 aliphatic rings. The largest absolute Gasteiger partial charge is 0.493 e. The second kappa shape index (κ2) is 21.1. The van der Waals surface area contributed by atoms with Gasteiger partial charge in [-0.1, -0.05) is 36.4 Å². The minimum atomic E-state index is -0.184. The molecule has 0 unspecified atom stereocenters. The highest BCUT2D eigenvalue weighted by atomic mass is 32.2. The van der Waals surface area contributed by atoms with Crippen molar-refractivity contribution in [3.05, 3.63) is 124 Å². The molecule has 0 bridgehead atoms. The number of rotatable bonds is 21. The molecule has 360 valence electrons. The summed E-state index contributed by atoms with van der Waals surface area (Å²) in [5.74, 6) is 1.51. The van der Waals surface area contributed by atoms with Gasteiger partial charge in [0.1, 0.15) is 13.2 Å². The summed E-state index contributed by atoms with van der Waals surface area (Å²) in [6, 6.07) is 28.9. The quantitative estimate of drug-likeness (QED) is 0.0653. The lowest BCUT2D eigenvalue weighted by atomic mass is 10.1. The molecule has 0 saturated carbocycles. The van der Waals surface area contributed by atoms with Gasteiger partial charge in [0.05, 0.1) is 81.8 Å².